The molecule has 0 bridgehead atoms. The topological polar surface area (TPSA) is 29.3 Å². The molecule has 0 aromatic carbocycles. The summed E-state index contributed by atoms with van der Waals surface area (Å²) in [6.45, 7) is 11.7. The minimum atomic E-state index is 0.373. The maximum absolute atomic E-state index is 6.27. The third-order valence-corrected chi connectivity index (χ3v) is 4.02. The minimum absolute atomic E-state index is 0.373. The molecule has 90 valence electrons. The van der Waals surface area contributed by atoms with Gasteiger partial charge in [0.05, 0.1) is 0 Å². The molecule has 0 radical (unpaired) electrons. The summed E-state index contributed by atoms with van der Waals surface area (Å²) >= 11 is 0. The standard InChI is InChI=1S/C13H28N2/c1-5-7-12(14)13(6-2)15-8-10(3)11(4)9-15/h10-13H,5-9,14H2,1-4H3. The first-order valence-electron chi connectivity index (χ1n) is 6.59. The molecule has 0 aromatic rings. The molecule has 2 heteroatoms. The van der Waals surface area contributed by atoms with E-state index in [9.17, 15) is 0 Å². The number of hydrogen-bond acceptors (Lipinski definition) is 2. The van der Waals surface area contributed by atoms with Crippen molar-refractivity contribution in [2.24, 2.45) is 17.6 Å². The highest BCUT2D eigenvalue weighted by molar-refractivity contribution is 4.88. The van der Waals surface area contributed by atoms with Crippen LogP contribution >= 0.6 is 0 Å². The zero-order chi connectivity index (χ0) is 11.4. The predicted octanol–water partition coefficient (Wildman–Crippen LogP) is 2.48. The molecule has 15 heavy (non-hydrogen) atoms. The van der Waals surface area contributed by atoms with Crippen molar-refractivity contribution in [2.45, 2.75) is 59.0 Å². The van der Waals surface area contributed by atoms with Crippen LogP contribution in [0.4, 0.5) is 0 Å². The Morgan fingerprint density at radius 2 is 1.73 bits per heavy atom. The van der Waals surface area contributed by atoms with Crippen molar-refractivity contribution in [3.8, 4) is 0 Å². The molecule has 0 amide bonds. The van der Waals surface area contributed by atoms with Gasteiger partial charge in [-0.15, -0.1) is 0 Å². The predicted molar refractivity (Wildman–Crippen MR) is 66.9 cm³/mol. The van der Waals surface area contributed by atoms with Gasteiger partial charge in [0.25, 0.3) is 0 Å². The van der Waals surface area contributed by atoms with Crippen LogP contribution in [0.5, 0.6) is 0 Å². The van der Waals surface area contributed by atoms with E-state index in [0.717, 1.165) is 18.3 Å². The Labute approximate surface area is 95.2 Å². The molecule has 2 nitrogen and oxygen atoms in total. The maximum Gasteiger partial charge on any atom is 0.0244 e. The summed E-state index contributed by atoms with van der Waals surface area (Å²) in [6, 6.07) is 0.981. The fourth-order valence-corrected chi connectivity index (χ4v) is 2.80. The molecule has 4 atom stereocenters. The second-order valence-electron chi connectivity index (χ2n) is 5.34. The van der Waals surface area contributed by atoms with Crippen LogP contribution in [0, 0.1) is 11.8 Å². The van der Waals surface area contributed by atoms with Gasteiger partial charge in [0.15, 0.2) is 0 Å². The van der Waals surface area contributed by atoms with E-state index in [-0.39, 0.29) is 0 Å². The maximum atomic E-state index is 6.27. The van der Waals surface area contributed by atoms with Gasteiger partial charge in [-0.05, 0) is 24.7 Å². The average Bonchev–Trinajstić information content (AvgIpc) is 2.48. The van der Waals surface area contributed by atoms with Crippen molar-refractivity contribution < 1.29 is 0 Å². The molecule has 0 aromatic heterocycles. The summed E-state index contributed by atoms with van der Waals surface area (Å²) in [5.41, 5.74) is 6.27. The lowest BCUT2D eigenvalue weighted by Crippen LogP contribution is -2.46. The smallest absolute Gasteiger partial charge is 0.0244 e. The lowest BCUT2D eigenvalue weighted by atomic mass is 10.0. The van der Waals surface area contributed by atoms with Crippen molar-refractivity contribution in [3.05, 3.63) is 0 Å². The van der Waals surface area contributed by atoms with E-state index in [1.54, 1.807) is 0 Å². The van der Waals surface area contributed by atoms with E-state index in [2.05, 4.69) is 32.6 Å². The van der Waals surface area contributed by atoms with Crippen molar-refractivity contribution in [3.63, 3.8) is 0 Å². The van der Waals surface area contributed by atoms with Gasteiger partial charge in [-0.3, -0.25) is 4.90 Å². The van der Waals surface area contributed by atoms with E-state index >= 15 is 0 Å². The minimum Gasteiger partial charge on any atom is -0.326 e. The van der Waals surface area contributed by atoms with Crippen LogP contribution < -0.4 is 5.73 Å². The van der Waals surface area contributed by atoms with Crippen molar-refractivity contribution in [2.75, 3.05) is 13.1 Å². The summed E-state index contributed by atoms with van der Waals surface area (Å²) in [6.07, 6.45) is 3.56. The average molecular weight is 212 g/mol. The molecule has 0 saturated carbocycles. The monoisotopic (exact) mass is 212 g/mol. The van der Waals surface area contributed by atoms with Crippen LogP contribution in [-0.2, 0) is 0 Å². The molecular weight excluding hydrogens is 184 g/mol. The number of nitrogens with two attached hydrogens (primary N) is 1. The Morgan fingerprint density at radius 1 is 1.20 bits per heavy atom. The molecule has 4 unspecified atom stereocenters. The molecule has 0 spiro atoms. The van der Waals surface area contributed by atoms with Crippen LogP contribution in [-0.4, -0.2) is 30.1 Å². The van der Waals surface area contributed by atoms with Crippen LogP contribution in [0.1, 0.15) is 47.0 Å². The third-order valence-electron chi connectivity index (χ3n) is 4.02. The largest absolute Gasteiger partial charge is 0.326 e. The summed E-state index contributed by atoms with van der Waals surface area (Å²) in [5, 5.41) is 0. The fourth-order valence-electron chi connectivity index (χ4n) is 2.80. The van der Waals surface area contributed by atoms with E-state index in [0.29, 0.717) is 12.1 Å². The molecule has 0 aliphatic carbocycles. The van der Waals surface area contributed by atoms with Crippen molar-refractivity contribution in [1.29, 1.82) is 0 Å². The second kappa shape index (κ2) is 5.86. The van der Waals surface area contributed by atoms with E-state index in [4.69, 9.17) is 5.73 Å². The Bertz CT molecular complexity index is 171. The molecule has 1 saturated heterocycles. The number of nitrogens with zero attached hydrogens (tertiary/aromatic N) is 1. The highest BCUT2D eigenvalue weighted by Crippen LogP contribution is 2.26. The molecule has 1 fully saturated rings. The first-order valence-corrected chi connectivity index (χ1v) is 6.59. The van der Waals surface area contributed by atoms with Crippen LogP contribution in [0.2, 0.25) is 0 Å². The number of hydrogen-bond donors (Lipinski definition) is 1. The summed E-state index contributed by atoms with van der Waals surface area (Å²) in [7, 11) is 0. The SMILES string of the molecule is CCCC(N)C(CC)N1CC(C)C(C)C1. The quantitative estimate of drug-likeness (QED) is 0.758. The Morgan fingerprint density at radius 3 is 2.13 bits per heavy atom. The van der Waals surface area contributed by atoms with Gasteiger partial charge < -0.3 is 5.73 Å². The fraction of sp³-hybridized carbons (Fsp3) is 1.00. The van der Waals surface area contributed by atoms with E-state index < -0.39 is 0 Å². The third kappa shape index (κ3) is 3.18. The lowest BCUT2D eigenvalue weighted by Gasteiger charge is -2.32. The van der Waals surface area contributed by atoms with Gasteiger partial charge in [0.2, 0.25) is 0 Å². The highest BCUT2D eigenvalue weighted by Gasteiger charge is 2.32. The molecule has 1 rings (SSSR count). The van der Waals surface area contributed by atoms with Gasteiger partial charge in [-0.2, -0.15) is 0 Å². The number of likely N-dealkylation sites (tertiary alicyclic amines) is 1. The second-order valence-corrected chi connectivity index (χ2v) is 5.34. The normalized spacial score (nSPS) is 31.8. The van der Waals surface area contributed by atoms with Gasteiger partial charge in [-0.1, -0.05) is 34.1 Å². The molecular formula is C13H28N2. The summed E-state index contributed by atoms with van der Waals surface area (Å²) in [4.78, 5) is 2.62. The van der Waals surface area contributed by atoms with Gasteiger partial charge in [0.1, 0.15) is 0 Å². The van der Waals surface area contributed by atoms with Gasteiger partial charge >= 0.3 is 0 Å². The number of rotatable bonds is 5. The zero-order valence-electron chi connectivity index (χ0n) is 10.9. The Kier molecular flexibility index (Phi) is 5.07. The molecule has 1 aliphatic heterocycles. The van der Waals surface area contributed by atoms with Crippen LogP contribution in [0.15, 0.2) is 0 Å². The van der Waals surface area contributed by atoms with Crippen molar-refractivity contribution >= 4 is 0 Å². The lowest BCUT2D eigenvalue weighted by molar-refractivity contribution is 0.190. The van der Waals surface area contributed by atoms with Gasteiger partial charge in [0, 0.05) is 25.2 Å². The van der Waals surface area contributed by atoms with E-state index in [1.807, 2.05) is 0 Å². The first-order chi connectivity index (χ1) is 7.10. The summed E-state index contributed by atoms with van der Waals surface area (Å²) in [5.74, 6) is 1.68. The van der Waals surface area contributed by atoms with Crippen molar-refractivity contribution in [1.82, 2.24) is 4.90 Å². The molecule has 2 N–H and O–H groups in total. The molecule has 1 aliphatic rings. The van der Waals surface area contributed by atoms with Crippen LogP contribution in [0.25, 0.3) is 0 Å². The highest BCUT2D eigenvalue weighted by atomic mass is 15.2. The zero-order valence-corrected chi connectivity index (χ0v) is 10.9. The van der Waals surface area contributed by atoms with Crippen LogP contribution in [0.3, 0.4) is 0 Å². The van der Waals surface area contributed by atoms with E-state index in [1.165, 1.54) is 25.9 Å². The summed E-state index contributed by atoms with van der Waals surface area (Å²) < 4.78 is 0. The first kappa shape index (κ1) is 13.0. The Balaban J connectivity index is 2.52. The molecule has 1 heterocycles. The Hall–Kier alpha value is -0.0800. The van der Waals surface area contributed by atoms with Gasteiger partial charge in [-0.25, -0.2) is 0 Å².